The maximum absolute atomic E-state index is 11.8. The van der Waals surface area contributed by atoms with Crippen LogP contribution < -0.4 is 5.48 Å². The van der Waals surface area contributed by atoms with Crippen molar-refractivity contribution in [3.05, 3.63) is 29.8 Å². The van der Waals surface area contributed by atoms with Crippen molar-refractivity contribution >= 4 is 17.7 Å². The number of carbonyl (C=O) groups excluding carboxylic acids is 1. The van der Waals surface area contributed by atoms with E-state index in [1.165, 1.54) is 7.11 Å². The van der Waals surface area contributed by atoms with Crippen molar-refractivity contribution < 1.29 is 14.4 Å². The largest absolute Gasteiger partial charge is 0.377 e. The van der Waals surface area contributed by atoms with Gasteiger partial charge in [-0.05, 0) is 25.0 Å². The highest BCUT2D eigenvalue weighted by Crippen LogP contribution is 2.26. The Morgan fingerprint density at radius 3 is 3.11 bits per heavy atom. The lowest BCUT2D eigenvalue weighted by molar-refractivity contribution is 0.0534. The van der Waals surface area contributed by atoms with Crippen molar-refractivity contribution in [3.63, 3.8) is 0 Å². The van der Waals surface area contributed by atoms with E-state index in [0.29, 0.717) is 11.7 Å². The van der Waals surface area contributed by atoms with Crippen LogP contribution in [0, 0.1) is 0 Å². The van der Waals surface area contributed by atoms with E-state index in [2.05, 4.69) is 10.3 Å². The molecule has 1 aliphatic rings. The Labute approximate surface area is 111 Å². The fourth-order valence-corrected chi connectivity index (χ4v) is 3.01. The molecule has 0 spiro atoms. The molecule has 0 unspecified atom stereocenters. The predicted molar refractivity (Wildman–Crippen MR) is 70.6 cm³/mol. The maximum atomic E-state index is 11.8. The van der Waals surface area contributed by atoms with Crippen molar-refractivity contribution in [1.82, 2.24) is 5.48 Å². The number of rotatable bonds is 5. The molecule has 0 radical (unpaired) electrons. The standard InChI is InChI=1S/C13H17NO3S/c1-16-14-13(15)11-6-2-3-7-12(11)18-9-10-5-4-8-17-10/h2-3,6-7,10H,4-5,8-9H2,1H3,(H,14,15)/t10-/m1/s1. The molecule has 0 aromatic heterocycles. The van der Waals surface area contributed by atoms with E-state index >= 15 is 0 Å². The smallest absolute Gasteiger partial charge is 0.275 e. The van der Waals surface area contributed by atoms with Crippen LogP contribution in [-0.2, 0) is 9.57 Å². The topological polar surface area (TPSA) is 47.6 Å². The van der Waals surface area contributed by atoms with Crippen molar-refractivity contribution in [2.45, 2.75) is 23.8 Å². The van der Waals surface area contributed by atoms with E-state index in [4.69, 9.17) is 4.74 Å². The van der Waals surface area contributed by atoms with Crippen LogP contribution in [0.15, 0.2) is 29.2 Å². The van der Waals surface area contributed by atoms with Crippen LogP contribution in [0.2, 0.25) is 0 Å². The number of nitrogens with one attached hydrogen (secondary N) is 1. The first-order chi connectivity index (χ1) is 8.81. The molecule has 1 aromatic carbocycles. The Balaban J connectivity index is 2.00. The minimum Gasteiger partial charge on any atom is -0.377 e. The molecule has 5 heteroatoms. The van der Waals surface area contributed by atoms with Crippen molar-refractivity contribution in [1.29, 1.82) is 0 Å². The average molecular weight is 267 g/mol. The summed E-state index contributed by atoms with van der Waals surface area (Å²) in [5.41, 5.74) is 2.99. The van der Waals surface area contributed by atoms with Crippen LogP contribution in [-0.4, -0.2) is 31.5 Å². The lowest BCUT2D eigenvalue weighted by atomic mass is 10.2. The molecule has 0 saturated carbocycles. The SMILES string of the molecule is CONC(=O)c1ccccc1SC[C@H]1CCCO1. The van der Waals surface area contributed by atoms with Gasteiger partial charge in [0.1, 0.15) is 0 Å². The number of hydrogen-bond donors (Lipinski definition) is 1. The molecular formula is C13H17NO3S. The van der Waals surface area contributed by atoms with Gasteiger partial charge in [-0.3, -0.25) is 9.63 Å². The maximum Gasteiger partial charge on any atom is 0.275 e. The van der Waals surface area contributed by atoms with Gasteiger partial charge in [-0.2, -0.15) is 0 Å². The third kappa shape index (κ3) is 3.48. The Morgan fingerprint density at radius 2 is 2.39 bits per heavy atom. The Bertz CT molecular complexity index is 405. The van der Waals surface area contributed by atoms with Gasteiger partial charge < -0.3 is 4.74 Å². The Kier molecular flexibility index (Phi) is 5.04. The predicted octanol–water partition coefficient (Wildman–Crippen LogP) is 2.25. The van der Waals surface area contributed by atoms with E-state index in [-0.39, 0.29) is 5.91 Å². The molecule has 18 heavy (non-hydrogen) atoms. The zero-order valence-electron chi connectivity index (χ0n) is 10.3. The van der Waals surface area contributed by atoms with Crippen molar-refractivity contribution in [2.75, 3.05) is 19.5 Å². The average Bonchev–Trinajstić information content (AvgIpc) is 2.90. The van der Waals surface area contributed by atoms with Gasteiger partial charge in [-0.25, -0.2) is 5.48 Å². The quantitative estimate of drug-likeness (QED) is 0.656. The summed E-state index contributed by atoms with van der Waals surface area (Å²) in [6.07, 6.45) is 2.56. The molecule has 1 fully saturated rings. The second kappa shape index (κ2) is 6.78. The number of ether oxygens (including phenoxy) is 1. The van der Waals surface area contributed by atoms with Crippen LogP contribution in [0.4, 0.5) is 0 Å². The van der Waals surface area contributed by atoms with Crippen LogP contribution >= 0.6 is 11.8 Å². The zero-order valence-corrected chi connectivity index (χ0v) is 11.2. The second-order valence-corrected chi connectivity index (χ2v) is 5.14. The van der Waals surface area contributed by atoms with Gasteiger partial charge in [-0.15, -0.1) is 11.8 Å². The number of amides is 1. The van der Waals surface area contributed by atoms with Gasteiger partial charge >= 0.3 is 0 Å². The third-order valence-corrected chi connectivity index (χ3v) is 3.98. The molecule has 4 nitrogen and oxygen atoms in total. The van der Waals surface area contributed by atoms with Crippen LogP contribution in [0.5, 0.6) is 0 Å². The van der Waals surface area contributed by atoms with E-state index < -0.39 is 0 Å². The Morgan fingerprint density at radius 1 is 1.56 bits per heavy atom. The third-order valence-electron chi connectivity index (χ3n) is 2.78. The molecule has 1 heterocycles. The zero-order chi connectivity index (χ0) is 12.8. The Hall–Kier alpha value is -1.04. The molecule has 0 bridgehead atoms. The second-order valence-electron chi connectivity index (χ2n) is 4.08. The monoisotopic (exact) mass is 267 g/mol. The van der Waals surface area contributed by atoms with Gasteiger partial charge in [0.25, 0.3) is 5.91 Å². The van der Waals surface area contributed by atoms with Gasteiger partial charge in [-0.1, -0.05) is 12.1 Å². The molecule has 1 N–H and O–H groups in total. The molecular weight excluding hydrogens is 250 g/mol. The first-order valence-electron chi connectivity index (χ1n) is 5.98. The normalized spacial score (nSPS) is 18.8. The number of thioether (sulfide) groups is 1. The summed E-state index contributed by atoms with van der Waals surface area (Å²) in [6.45, 7) is 0.858. The number of hydrogen-bond acceptors (Lipinski definition) is 4. The molecule has 0 aliphatic carbocycles. The van der Waals surface area contributed by atoms with Gasteiger partial charge in [0, 0.05) is 17.3 Å². The van der Waals surface area contributed by atoms with Crippen LogP contribution in [0.3, 0.4) is 0 Å². The summed E-state index contributed by atoms with van der Waals surface area (Å²) in [5, 5.41) is 0. The molecule has 1 aromatic rings. The van der Waals surface area contributed by atoms with Crippen LogP contribution in [0.25, 0.3) is 0 Å². The summed E-state index contributed by atoms with van der Waals surface area (Å²) in [5.74, 6) is 0.671. The first-order valence-corrected chi connectivity index (χ1v) is 6.96. The lowest BCUT2D eigenvalue weighted by Crippen LogP contribution is -2.22. The fraction of sp³-hybridized carbons (Fsp3) is 0.462. The summed E-state index contributed by atoms with van der Waals surface area (Å²) >= 11 is 1.66. The highest BCUT2D eigenvalue weighted by atomic mass is 32.2. The molecule has 1 amide bonds. The summed E-state index contributed by atoms with van der Waals surface area (Å²) in [6, 6.07) is 7.53. The summed E-state index contributed by atoms with van der Waals surface area (Å²) < 4.78 is 5.58. The highest BCUT2D eigenvalue weighted by Gasteiger charge is 2.17. The van der Waals surface area contributed by atoms with Gasteiger partial charge in [0.15, 0.2) is 0 Å². The molecule has 2 rings (SSSR count). The first kappa shape index (κ1) is 13.4. The van der Waals surface area contributed by atoms with Crippen molar-refractivity contribution in [3.8, 4) is 0 Å². The molecule has 1 saturated heterocycles. The van der Waals surface area contributed by atoms with Crippen LogP contribution in [0.1, 0.15) is 23.2 Å². The minimum absolute atomic E-state index is 0.215. The summed E-state index contributed by atoms with van der Waals surface area (Å²) in [7, 11) is 1.43. The summed E-state index contributed by atoms with van der Waals surface area (Å²) in [4.78, 5) is 17.4. The minimum atomic E-state index is -0.215. The van der Waals surface area contributed by atoms with E-state index in [9.17, 15) is 4.79 Å². The lowest BCUT2D eigenvalue weighted by Gasteiger charge is -2.11. The molecule has 98 valence electrons. The fourth-order valence-electron chi connectivity index (χ4n) is 1.89. The number of hydroxylamine groups is 1. The van der Waals surface area contributed by atoms with E-state index in [1.807, 2.05) is 18.2 Å². The van der Waals surface area contributed by atoms with Crippen molar-refractivity contribution in [2.24, 2.45) is 0 Å². The molecule has 1 atom stereocenters. The number of benzene rings is 1. The van der Waals surface area contributed by atoms with Gasteiger partial charge in [0.05, 0.1) is 18.8 Å². The molecule has 1 aliphatic heterocycles. The van der Waals surface area contributed by atoms with E-state index in [1.54, 1.807) is 17.8 Å². The van der Waals surface area contributed by atoms with Gasteiger partial charge in [0.2, 0.25) is 0 Å². The van der Waals surface area contributed by atoms with E-state index in [0.717, 1.165) is 30.1 Å². The highest BCUT2D eigenvalue weighted by molar-refractivity contribution is 7.99. The number of carbonyl (C=O) groups is 1.